The molecule has 0 aromatic carbocycles. The zero-order valence-electron chi connectivity index (χ0n) is 44.8. The molecule has 0 aliphatic heterocycles. The number of aliphatic carboxylic acids is 1. The second-order valence-electron chi connectivity index (χ2n) is 20.6. The molecule has 0 fully saturated rings. The van der Waals surface area contributed by atoms with Crippen molar-refractivity contribution in [1.82, 2.24) is 0 Å². The van der Waals surface area contributed by atoms with Crippen LogP contribution in [0, 0.1) is 0 Å². The maximum Gasteiger partial charge on any atom is 0.361 e. The molecule has 0 aliphatic rings. The zero-order chi connectivity index (χ0) is 49.2. The standard InChI is InChI=1S/C58H109NO8/c1-6-8-10-12-14-16-18-20-22-24-25-26-27-28-29-30-31-33-34-36-38-40-42-44-46-48-55(60)65-52-54(53-66-58(57(62)63)64-51-50-59(3,4)5)67-56(61)49-47-45-43-41-39-37-35-32-23-21-19-17-15-13-11-9-7-2/h15,17,21,23,54,58H,6-14,16,18-20,22,24-53H2,1-5H3/p+1/b17-15-,23-21-. The lowest BCUT2D eigenvalue weighted by Gasteiger charge is -2.25. The van der Waals surface area contributed by atoms with Gasteiger partial charge >= 0.3 is 17.9 Å². The number of likely N-dealkylation sites (N-methyl/N-ethyl adjacent to an activating group) is 1. The molecule has 9 heteroatoms. The van der Waals surface area contributed by atoms with Crippen LogP contribution < -0.4 is 0 Å². The van der Waals surface area contributed by atoms with Crippen LogP contribution in [0.4, 0.5) is 0 Å². The van der Waals surface area contributed by atoms with E-state index in [-0.39, 0.29) is 32.2 Å². The molecule has 1 N–H and O–H groups in total. The van der Waals surface area contributed by atoms with Crippen LogP contribution in [0.2, 0.25) is 0 Å². The lowest BCUT2D eigenvalue weighted by atomic mass is 10.0. The molecule has 394 valence electrons. The monoisotopic (exact) mass is 949 g/mol. The molecule has 0 heterocycles. The highest BCUT2D eigenvalue weighted by Crippen LogP contribution is 2.17. The van der Waals surface area contributed by atoms with Gasteiger partial charge in [0.15, 0.2) is 6.10 Å². The van der Waals surface area contributed by atoms with E-state index in [2.05, 4.69) is 38.2 Å². The third-order valence-electron chi connectivity index (χ3n) is 12.7. The van der Waals surface area contributed by atoms with Crippen molar-refractivity contribution < 1.29 is 42.9 Å². The van der Waals surface area contributed by atoms with E-state index in [4.69, 9.17) is 18.9 Å². The van der Waals surface area contributed by atoms with Gasteiger partial charge < -0.3 is 28.5 Å². The Morgan fingerprint density at radius 3 is 1.21 bits per heavy atom. The van der Waals surface area contributed by atoms with E-state index in [1.54, 1.807) is 0 Å². The van der Waals surface area contributed by atoms with Gasteiger partial charge in [-0.25, -0.2) is 4.79 Å². The molecular formula is C58H110NO8+. The molecule has 9 nitrogen and oxygen atoms in total. The molecule has 0 saturated carbocycles. The van der Waals surface area contributed by atoms with Crippen molar-refractivity contribution in [2.45, 2.75) is 283 Å². The molecule has 0 amide bonds. The zero-order valence-corrected chi connectivity index (χ0v) is 44.8. The number of unbranched alkanes of at least 4 members (excludes halogenated alkanes) is 34. The third kappa shape index (κ3) is 51.4. The lowest BCUT2D eigenvalue weighted by molar-refractivity contribution is -0.870. The highest BCUT2D eigenvalue weighted by molar-refractivity contribution is 5.71. The Kier molecular flexibility index (Phi) is 48.5. The van der Waals surface area contributed by atoms with Crippen LogP contribution in [0.15, 0.2) is 24.3 Å². The van der Waals surface area contributed by atoms with Crippen molar-refractivity contribution in [1.29, 1.82) is 0 Å². The number of hydrogen-bond acceptors (Lipinski definition) is 7. The fourth-order valence-electron chi connectivity index (χ4n) is 8.28. The first-order valence-electron chi connectivity index (χ1n) is 28.5. The fraction of sp³-hybridized carbons (Fsp3) is 0.879. The predicted molar refractivity (Wildman–Crippen MR) is 281 cm³/mol. The Bertz CT molecular complexity index is 1150. The number of ether oxygens (including phenoxy) is 4. The SMILES string of the molecule is CCCCC/C=C\C/C=C\CCCCCCCCCC(=O)OC(COC(=O)CCCCCCCCCCCCCCCCCCCCCCCCCCC)COC(OCC[N+](C)(C)C)C(=O)O. The minimum absolute atomic E-state index is 0.180. The van der Waals surface area contributed by atoms with E-state index in [0.29, 0.717) is 23.9 Å². The number of nitrogens with zero attached hydrogens (tertiary/aromatic N) is 1. The molecule has 0 saturated heterocycles. The molecule has 0 aromatic rings. The Morgan fingerprint density at radius 2 is 0.806 bits per heavy atom. The second kappa shape index (κ2) is 50.2. The molecule has 0 rings (SSSR count). The highest BCUT2D eigenvalue weighted by atomic mass is 16.7. The van der Waals surface area contributed by atoms with Gasteiger partial charge in [-0.05, 0) is 44.9 Å². The van der Waals surface area contributed by atoms with Crippen molar-refractivity contribution in [2.75, 3.05) is 47.5 Å². The van der Waals surface area contributed by atoms with Gasteiger partial charge in [0.05, 0.1) is 34.4 Å². The van der Waals surface area contributed by atoms with Crippen LogP contribution in [-0.4, -0.2) is 87.4 Å². The van der Waals surface area contributed by atoms with Crippen molar-refractivity contribution in [2.24, 2.45) is 0 Å². The van der Waals surface area contributed by atoms with Crippen molar-refractivity contribution in [3.8, 4) is 0 Å². The smallest absolute Gasteiger partial charge is 0.361 e. The van der Waals surface area contributed by atoms with Gasteiger partial charge in [-0.2, -0.15) is 0 Å². The number of esters is 2. The van der Waals surface area contributed by atoms with E-state index in [9.17, 15) is 19.5 Å². The number of carbonyl (C=O) groups excluding carboxylic acids is 2. The largest absolute Gasteiger partial charge is 0.477 e. The molecule has 2 atom stereocenters. The van der Waals surface area contributed by atoms with Crippen LogP contribution in [0.5, 0.6) is 0 Å². The van der Waals surface area contributed by atoms with Crippen molar-refractivity contribution >= 4 is 17.9 Å². The average molecular weight is 950 g/mol. The molecule has 0 bridgehead atoms. The lowest BCUT2D eigenvalue weighted by Crippen LogP contribution is -2.40. The Hall–Kier alpha value is -2.23. The molecule has 0 spiro atoms. The fourth-order valence-corrected chi connectivity index (χ4v) is 8.28. The Morgan fingerprint density at radius 1 is 0.448 bits per heavy atom. The minimum Gasteiger partial charge on any atom is -0.477 e. The minimum atomic E-state index is -1.51. The van der Waals surface area contributed by atoms with Crippen LogP contribution in [-0.2, 0) is 33.3 Å². The van der Waals surface area contributed by atoms with Crippen molar-refractivity contribution in [3.05, 3.63) is 24.3 Å². The van der Waals surface area contributed by atoms with Gasteiger partial charge in [-0.15, -0.1) is 0 Å². The first-order valence-corrected chi connectivity index (χ1v) is 28.5. The summed E-state index contributed by atoms with van der Waals surface area (Å²) in [6.07, 6.45) is 55.4. The summed E-state index contributed by atoms with van der Waals surface area (Å²) in [4.78, 5) is 37.4. The molecular weight excluding hydrogens is 839 g/mol. The van der Waals surface area contributed by atoms with E-state index >= 15 is 0 Å². The summed E-state index contributed by atoms with van der Waals surface area (Å²) in [6.45, 7) is 4.88. The van der Waals surface area contributed by atoms with Crippen LogP contribution in [0.3, 0.4) is 0 Å². The van der Waals surface area contributed by atoms with Gasteiger partial charge in [-0.1, -0.05) is 237 Å². The third-order valence-corrected chi connectivity index (χ3v) is 12.7. The first kappa shape index (κ1) is 64.8. The molecule has 0 aliphatic carbocycles. The predicted octanol–water partition coefficient (Wildman–Crippen LogP) is 16.3. The number of allylic oxidation sites excluding steroid dienone is 4. The van der Waals surface area contributed by atoms with E-state index in [1.807, 2.05) is 21.1 Å². The number of quaternary nitrogens is 1. The second-order valence-corrected chi connectivity index (χ2v) is 20.6. The summed E-state index contributed by atoms with van der Waals surface area (Å²) in [5.41, 5.74) is 0. The summed E-state index contributed by atoms with van der Waals surface area (Å²) in [5, 5.41) is 9.69. The van der Waals surface area contributed by atoms with E-state index in [0.717, 1.165) is 51.4 Å². The number of carbonyl (C=O) groups is 3. The summed E-state index contributed by atoms with van der Waals surface area (Å²) in [6, 6.07) is 0. The molecule has 2 unspecified atom stereocenters. The maximum atomic E-state index is 12.8. The van der Waals surface area contributed by atoms with E-state index < -0.39 is 24.3 Å². The quantitative estimate of drug-likeness (QED) is 0.0211. The molecule has 67 heavy (non-hydrogen) atoms. The summed E-state index contributed by atoms with van der Waals surface area (Å²) in [7, 11) is 5.97. The van der Waals surface area contributed by atoms with Gasteiger partial charge in [0.2, 0.25) is 0 Å². The van der Waals surface area contributed by atoms with E-state index in [1.165, 1.54) is 186 Å². The first-order chi connectivity index (χ1) is 32.6. The number of hydrogen-bond donors (Lipinski definition) is 1. The van der Waals surface area contributed by atoms with Gasteiger partial charge in [0, 0.05) is 12.8 Å². The number of carboxylic acid groups (broad SMARTS) is 1. The highest BCUT2D eigenvalue weighted by Gasteiger charge is 2.25. The average Bonchev–Trinajstić information content (AvgIpc) is 3.29. The van der Waals surface area contributed by atoms with Crippen LogP contribution in [0.1, 0.15) is 271 Å². The summed E-state index contributed by atoms with van der Waals surface area (Å²) in [5.74, 6) is -2.00. The Labute approximate surface area is 414 Å². The van der Waals surface area contributed by atoms with Gasteiger partial charge in [0.25, 0.3) is 6.29 Å². The normalized spacial score (nSPS) is 12.9. The Balaban J connectivity index is 4.19. The van der Waals surface area contributed by atoms with Gasteiger partial charge in [-0.3, -0.25) is 9.59 Å². The maximum absolute atomic E-state index is 12.8. The molecule has 0 aromatic heterocycles. The van der Waals surface area contributed by atoms with Crippen molar-refractivity contribution in [3.63, 3.8) is 0 Å². The van der Waals surface area contributed by atoms with Crippen LogP contribution in [0.25, 0.3) is 0 Å². The topological polar surface area (TPSA) is 108 Å². The number of carboxylic acids is 1. The number of rotatable bonds is 53. The molecule has 0 radical (unpaired) electrons. The summed E-state index contributed by atoms with van der Waals surface area (Å²) >= 11 is 0. The van der Waals surface area contributed by atoms with Crippen LogP contribution >= 0.6 is 0 Å². The summed E-state index contributed by atoms with van der Waals surface area (Å²) < 4.78 is 22.9. The van der Waals surface area contributed by atoms with Gasteiger partial charge in [0.1, 0.15) is 13.2 Å².